The van der Waals surface area contributed by atoms with Gasteiger partial charge in [-0.05, 0) is 44.1 Å². The minimum atomic E-state index is -0.437. The van der Waals surface area contributed by atoms with E-state index in [-0.39, 0.29) is 5.02 Å². The Morgan fingerprint density at radius 1 is 1.22 bits per heavy atom. The third-order valence-electron chi connectivity index (χ3n) is 3.84. The number of rotatable bonds is 5. The summed E-state index contributed by atoms with van der Waals surface area (Å²) in [6.07, 6.45) is 5.50. The Bertz CT molecular complexity index is 664. The van der Waals surface area contributed by atoms with Gasteiger partial charge in [-0.3, -0.25) is 0 Å². The SMILES string of the molecule is Fc1ccc(-c2cnnc(SCCN3CCCCC3)n2)cc1Cl. The van der Waals surface area contributed by atoms with Crippen molar-refractivity contribution in [2.24, 2.45) is 0 Å². The van der Waals surface area contributed by atoms with Crippen LogP contribution in [0.2, 0.25) is 5.02 Å². The van der Waals surface area contributed by atoms with E-state index in [0.29, 0.717) is 10.9 Å². The van der Waals surface area contributed by atoms with E-state index >= 15 is 0 Å². The predicted molar refractivity (Wildman–Crippen MR) is 91.2 cm³/mol. The number of aromatic nitrogens is 3. The second-order valence-electron chi connectivity index (χ2n) is 5.50. The molecule has 1 aromatic heterocycles. The van der Waals surface area contributed by atoms with E-state index in [1.54, 1.807) is 30.1 Å². The third-order valence-corrected chi connectivity index (χ3v) is 4.95. The summed E-state index contributed by atoms with van der Waals surface area (Å²) in [4.78, 5) is 6.97. The van der Waals surface area contributed by atoms with Crippen LogP contribution < -0.4 is 0 Å². The fourth-order valence-electron chi connectivity index (χ4n) is 2.59. The van der Waals surface area contributed by atoms with Gasteiger partial charge in [-0.25, -0.2) is 9.37 Å². The van der Waals surface area contributed by atoms with Crippen molar-refractivity contribution in [1.82, 2.24) is 20.1 Å². The van der Waals surface area contributed by atoms with E-state index in [4.69, 9.17) is 11.6 Å². The maximum Gasteiger partial charge on any atom is 0.209 e. The van der Waals surface area contributed by atoms with Gasteiger partial charge in [0.25, 0.3) is 0 Å². The maximum absolute atomic E-state index is 13.2. The van der Waals surface area contributed by atoms with Gasteiger partial charge in [0, 0.05) is 17.9 Å². The average Bonchev–Trinajstić information content (AvgIpc) is 2.59. The molecule has 0 radical (unpaired) electrons. The van der Waals surface area contributed by atoms with E-state index in [2.05, 4.69) is 20.1 Å². The van der Waals surface area contributed by atoms with E-state index < -0.39 is 5.82 Å². The molecule has 1 saturated heterocycles. The predicted octanol–water partition coefficient (Wildman–Crippen LogP) is 3.91. The molecule has 4 nitrogen and oxygen atoms in total. The zero-order chi connectivity index (χ0) is 16.1. The molecule has 3 rings (SSSR count). The first-order valence-electron chi connectivity index (χ1n) is 7.73. The second-order valence-corrected chi connectivity index (χ2v) is 6.97. The van der Waals surface area contributed by atoms with Crippen LogP contribution in [-0.2, 0) is 0 Å². The summed E-state index contributed by atoms with van der Waals surface area (Å²) in [6, 6.07) is 4.54. The number of hydrogen-bond acceptors (Lipinski definition) is 5. The molecule has 0 N–H and O–H groups in total. The van der Waals surface area contributed by atoms with Crippen molar-refractivity contribution in [3.8, 4) is 11.3 Å². The number of nitrogens with zero attached hydrogens (tertiary/aromatic N) is 4. The minimum absolute atomic E-state index is 0.0837. The Morgan fingerprint density at radius 2 is 2.04 bits per heavy atom. The van der Waals surface area contributed by atoms with Gasteiger partial charge in [0.2, 0.25) is 5.16 Å². The van der Waals surface area contributed by atoms with E-state index in [0.717, 1.165) is 17.9 Å². The first kappa shape index (κ1) is 16.6. The lowest BCUT2D eigenvalue weighted by Gasteiger charge is -2.25. The lowest BCUT2D eigenvalue weighted by Crippen LogP contribution is -2.31. The quantitative estimate of drug-likeness (QED) is 0.763. The number of likely N-dealkylation sites (tertiary alicyclic amines) is 1. The molecule has 2 aromatic rings. The largest absolute Gasteiger partial charge is 0.303 e. The molecule has 0 unspecified atom stereocenters. The number of halogens is 2. The van der Waals surface area contributed by atoms with E-state index in [1.807, 2.05) is 0 Å². The van der Waals surface area contributed by atoms with Crippen LogP contribution in [0.15, 0.2) is 29.6 Å². The van der Waals surface area contributed by atoms with Crippen molar-refractivity contribution < 1.29 is 4.39 Å². The highest BCUT2D eigenvalue weighted by Crippen LogP contribution is 2.24. The van der Waals surface area contributed by atoms with Crippen LogP contribution in [-0.4, -0.2) is 45.5 Å². The summed E-state index contributed by atoms with van der Waals surface area (Å²) in [6.45, 7) is 3.42. The number of hydrogen-bond donors (Lipinski definition) is 0. The van der Waals surface area contributed by atoms with E-state index in [1.165, 1.54) is 38.4 Å². The van der Waals surface area contributed by atoms with Crippen molar-refractivity contribution in [2.45, 2.75) is 24.4 Å². The standard InChI is InChI=1S/C16H18ClFN4S/c17-13-10-12(4-5-14(13)18)15-11-19-21-16(20-15)23-9-8-22-6-2-1-3-7-22/h4-5,10-11H,1-3,6-9H2. The molecular weight excluding hydrogens is 335 g/mol. The van der Waals surface area contributed by atoms with Gasteiger partial charge in [-0.2, -0.15) is 5.10 Å². The maximum atomic E-state index is 13.2. The molecule has 0 amide bonds. The smallest absolute Gasteiger partial charge is 0.209 e. The van der Waals surface area contributed by atoms with Gasteiger partial charge in [0.05, 0.1) is 16.9 Å². The molecule has 1 aliphatic rings. The fourth-order valence-corrected chi connectivity index (χ4v) is 3.57. The van der Waals surface area contributed by atoms with Crippen LogP contribution >= 0.6 is 23.4 Å². The van der Waals surface area contributed by atoms with Crippen LogP contribution in [0.5, 0.6) is 0 Å². The molecule has 7 heteroatoms. The van der Waals surface area contributed by atoms with Crippen molar-refractivity contribution >= 4 is 23.4 Å². The van der Waals surface area contributed by atoms with Crippen LogP contribution in [0.25, 0.3) is 11.3 Å². The molecule has 0 saturated carbocycles. The fraction of sp³-hybridized carbons (Fsp3) is 0.438. The Labute approximate surface area is 144 Å². The van der Waals surface area contributed by atoms with Gasteiger partial charge in [-0.15, -0.1) is 5.10 Å². The summed E-state index contributed by atoms with van der Waals surface area (Å²) in [5, 5.41) is 8.78. The first-order valence-corrected chi connectivity index (χ1v) is 9.09. The molecule has 2 heterocycles. The van der Waals surface area contributed by atoms with E-state index in [9.17, 15) is 4.39 Å². The molecule has 23 heavy (non-hydrogen) atoms. The monoisotopic (exact) mass is 352 g/mol. The van der Waals surface area contributed by atoms with Crippen LogP contribution in [0, 0.1) is 5.82 Å². The molecule has 1 aliphatic heterocycles. The van der Waals surface area contributed by atoms with Crippen LogP contribution in [0.3, 0.4) is 0 Å². The average molecular weight is 353 g/mol. The van der Waals surface area contributed by atoms with Crippen molar-refractivity contribution in [3.63, 3.8) is 0 Å². The Hall–Kier alpha value is -1.24. The summed E-state index contributed by atoms with van der Waals surface area (Å²) in [5.41, 5.74) is 1.39. The Kier molecular flexibility index (Phi) is 5.80. The van der Waals surface area contributed by atoms with Gasteiger partial charge in [-0.1, -0.05) is 29.8 Å². The molecule has 1 fully saturated rings. The second kappa shape index (κ2) is 8.04. The topological polar surface area (TPSA) is 41.9 Å². The summed E-state index contributed by atoms with van der Waals surface area (Å²) in [5.74, 6) is 0.503. The van der Waals surface area contributed by atoms with Gasteiger partial charge in [0.1, 0.15) is 5.82 Å². The summed E-state index contributed by atoms with van der Waals surface area (Å²) < 4.78 is 13.2. The molecule has 0 spiro atoms. The van der Waals surface area contributed by atoms with Gasteiger partial charge in [0.15, 0.2) is 0 Å². The molecule has 0 bridgehead atoms. The van der Waals surface area contributed by atoms with Gasteiger partial charge < -0.3 is 4.90 Å². The molecule has 0 aliphatic carbocycles. The zero-order valence-corrected chi connectivity index (χ0v) is 14.3. The number of thioether (sulfide) groups is 1. The lowest BCUT2D eigenvalue weighted by atomic mass is 10.1. The van der Waals surface area contributed by atoms with Crippen molar-refractivity contribution in [2.75, 3.05) is 25.4 Å². The van der Waals surface area contributed by atoms with Gasteiger partial charge >= 0.3 is 0 Å². The highest BCUT2D eigenvalue weighted by molar-refractivity contribution is 7.99. The molecule has 1 aromatic carbocycles. The third kappa shape index (κ3) is 4.62. The van der Waals surface area contributed by atoms with Crippen LogP contribution in [0.1, 0.15) is 19.3 Å². The minimum Gasteiger partial charge on any atom is -0.303 e. The van der Waals surface area contributed by atoms with Crippen molar-refractivity contribution in [1.29, 1.82) is 0 Å². The molecular formula is C16H18ClFN4S. The zero-order valence-electron chi connectivity index (χ0n) is 12.7. The normalized spacial score (nSPS) is 15.7. The van der Waals surface area contributed by atoms with Crippen LogP contribution in [0.4, 0.5) is 4.39 Å². The summed E-state index contributed by atoms with van der Waals surface area (Å²) >= 11 is 7.42. The Morgan fingerprint density at radius 3 is 2.83 bits per heavy atom. The lowest BCUT2D eigenvalue weighted by molar-refractivity contribution is 0.242. The number of benzene rings is 1. The highest BCUT2D eigenvalue weighted by atomic mass is 35.5. The number of piperidine rings is 1. The first-order chi connectivity index (χ1) is 11.2. The molecule has 122 valence electrons. The Balaban J connectivity index is 1.61. The summed E-state index contributed by atoms with van der Waals surface area (Å²) in [7, 11) is 0. The van der Waals surface area contributed by atoms with Crippen molar-refractivity contribution in [3.05, 3.63) is 35.2 Å². The molecule has 0 atom stereocenters. The highest BCUT2D eigenvalue weighted by Gasteiger charge is 2.11.